The molecule has 4 unspecified atom stereocenters. The Kier molecular flexibility index (Phi) is 8.72. The number of hydrogen-bond acceptors (Lipinski definition) is 11. The summed E-state index contributed by atoms with van der Waals surface area (Å²) in [4.78, 5) is 31.5. The Morgan fingerprint density at radius 1 is 1.03 bits per heavy atom. The molecule has 1 saturated heterocycles. The molecule has 1 aromatic rings. The quantitative estimate of drug-likeness (QED) is 0.289. The van der Waals surface area contributed by atoms with Crippen LogP contribution in [0.15, 0.2) is 12.3 Å². The van der Waals surface area contributed by atoms with Gasteiger partial charge in [0.1, 0.15) is 12.2 Å². The number of aliphatic hydroxyl groups is 4. The van der Waals surface area contributed by atoms with E-state index in [4.69, 9.17) is 9.47 Å². The predicted molar refractivity (Wildman–Crippen MR) is 94.6 cm³/mol. The molecule has 0 spiro atoms. The fourth-order valence-corrected chi connectivity index (χ4v) is 2.64. The van der Waals surface area contributed by atoms with Gasteiger partial charge in [-0.05, 0) is 18.9 Å². The van der Waals surface area contributed by atoms with Gasteiger partial charge in [-0.15, -0.1) is 0 Å². The van der Waals surface area contributed by atoms with Crippen LogP contribution in [0.5, 0.6) is 11.9 Å². The second kappa shape index (κ2) is 10.3. The molecule has 5 atom stereocenters. The van der Waals surface area contributed by atoms with E-state index in [-0.39, 0.29) is 28.3 Å². The lowest BCUT2D eigenvalue weighted by Gasteiger charge is -2.23. The maximum atomic E-state index is 12.1. The van der Waals surface area contributed by atoms with Crippen molar-refractivity contribution in [1.82, 2.24) is 15.3 Å². The van der Waals surface area contributed by atoms with Gasteiger partial charge in [-0.3, -0.25) is 0 Å². The van der Waals surface area contributed by atoms with Gasteiger partial charge in [0.2, 0.25) is 5.88 Å². The maximum Gasteiger partial charge on any atom is 0.345 e. The SMILES string of the molecule is O.O.O=C1Oc2ncc(/C=C/[C@H]3CCNC3)c(n2)OC(=O)C(O)C(O)C(O)C1O. The van der Waals surface area contributed by atoms with Crippen LogP contribution >= 0.6 is 0 Å². The zero-order chi connectivity index (χ0) is 19.6. The minimum atomic E-state index is -2.23. The molecule has 2 aliphatic heterocycles. The molecule has 162 valence electrons. The van der Waals surface area contributed by atoms with E-state index >= 15 is 0 Å². The van der Waals surface area contributed by atoms with Crippen molar-refractivity contribution in [1.29, 1.82) is 0 Å². The van der Waals surface area contributed by atoms with Gasteiger partial charge in [0.05, 0.1) is 5.56 Å². The van der Waals surface area contributed by atoms with Crippen LogP contribution < -0.4 is 14.8 Å². The molecule has 0 saturated carbocycles. The first-order chi connectivity index (χ1) is 12.9. The van der Waals surface area contributed by atoms with Gasteiger partial charge < -0.3 is 46.2 Å². The van der Waals surface area contributed by atoms with Crippen molar-refractivity contribution in [3.05, 3.63) is 17.8 Å². The minimum absolute atomic E-state index is 0. The third-order valence-corrected chi connectivity index (χ3v) is 4.27. The van der Waals surface area contributed by atoms with Crippen LogP contribution in [0, 0.1) is 5.92 Å². The smallest absolute Gasteiger partial charge is 0.345 e. The van der Waals surface area contributed by atoms with E-state index in [1.165, 1.54) is 6.20 Å². The Labute approximate surface area is 164 Å². The third kappa shape index (κ3) is 5.51. The van der Waals surface area contributed by atoms with Crippen LogP contribution in [0.3, 0.4) is 0 Å². The Morgan fingerprint density at radius 2 is 1.66 bits per heavy atom. The van der Waals surface area contributed by atoms with Gasteiger partial charge in [-0.1, -0.05) is 12.2 Å². The lowest BCUT2D eigenvalue weighted by atomic mass is 10.0. The van der Waals surface area contributed by atoms with Gasteiger partial charge in [0, 0.05) is 12.7 Å². The summed E-state index contributed by atoms with van der Waals surface area (Å²) in [5.74, 6) is -2.73. The van der Waals surface area contributed by atoms with Crippen molar-refractivity contribution in [2.75, 3.05) is 13.1 Å². The minimum Gasteiger partial charge on any atom is -0.412 e. The van der Waals surface area contributed by atoms with E-state index in [9.17, 15) is 30.0 Å². The second-order valence-corrected chi connectivity index (χ2v) is 6.24. The molecule has 0 aromatic carbocycles. The molecule has 0 aliphatic carbocycles. The molecule has 0 radical (unpaired) electrons. The van der Waals surface area contributed by atoms with E-state index in [0.717, 1.165) is 19.5 Å². The molecule has 2 aliphatic rings. The van der Waals surface area contributed by atoms with Crippen molar-refractivity contribution in [3.63, 3.8) is 0 Å². The summed E-state index contributed by atoms with van der Waals surface area (Å²) >= 11 is 0. The summed E-state index contributed by atoms with van der Waals surface area (Å²) in [6.45, 7) is 1.68. The van der Waals surface area contributed by atoms with Crippen LogP contribution in [0.1, 0.15) is 12.0 Å². The Morgan fingerprint density at radius 3 is 2.24 bits per heavy atom. The maximum absolute atomic E-state index is 12.1. The summed E-state index contributed by atoms with van der Waals surface area (Å²) in [5.41, 5.74) is 0.275. The third-order valence-electron chi connectivity index (χ3n) is 4.27. The Bertz CT molecular complexity index is 752. The molecular weight excluding hydrogens is 394 g/mol. The zero-order valence-electron chi connectivity index (χ0n) is 15.1. The number of nitrogens with zero attached hydrogens (tertiary/aromatic N) is 2. The highest BCUT2D eigenvalue weighted by atomic mass is 16.6. The highest BCUT2D eigenvalue weighted by Crippen LogP contribution is 2.23. The van der Waals surface area contributed by atoms with E-state index in [1.54, 1.807) is 6.08 Å². The summed E-state index contributed by atoms with van der Waals surface area (Å²) < 4.78 is 9.72. The zero-order valence-corrected chi connectivity index (χ0v) is 15.1. The molecule has 13 heteroatoms. The molecule has 2 bridgehead atoms. The average molecular weight is 417 g/mol. The van der Waals surface area contributed by atoms with Gasteiger partial charge in [0.25, 0.3) is 0 Å². The largest absolute Gasteiger partial charge is 0.412 e. The highest BCUT2D eigenvalue weighted by Gasteiger charge is 2.40. The molecule has 1 aromatic heterocycles. The van der Waals surface area contributed by atoms with Crippen LogP contribution in [-0.2, 0) is 9.59 Å². The highest BCUT2D eigenvalue weighted by molar-refractivity contribution is 5.80. The molecule has 3 heterocycles. The first-order valence-electron chi connectivity index (χ1n) is 8.28. The monoisotopic (exact) mass is 417 g/mol. The van der Waals surface area contributed by atoms with Crippen molar-refractivity contribution in [3.8, 4) is 11.9 Å². The predicted octanol–water partition coefficient (Wildman–Crippen LogP) is -4.28. The molecule has 0 amide bonds. The number of aromatic nitrogens is 2. The normalized spacial score (nSPS) is 29.9. The van der Waals surface area contributed by atoms with E-state index in [1.807, 2.05) is 6.08 Å². The van der Waals surface area contributed by atoms with Gasteiger partial charge in [-0.25, -0.2) is 14.6 Å². The number of nitrogens with one attached hydrogen (secondary N) is 1. The molecule has 9 N–H and O–H groups in total. The van der Waals surface area contributed by atoms with Crippen LogP contribution in [-0.4, -0.2) is 90.8 Å². The number of carbonyl (C=O) groups excluding carboxylic acids is 2. The van der Waals surface area contributed by atoms with Crippen LogP contribution in [0.2, 0.25) is 0 Å². The van der Waals surface area contributed by atoms with E-state index < -0.39 is 42.4 Å². The number of fused-ring (bicyclic) bond motifs is 2. The first kappa shape index (κ1) is 24.5. The summed E-state index contributed by atoms with van der Waals surface area (Å²) in [7, 11) is 0. The lowest BCUT2D eigenvalue weighted by molar-refractivity contribution is -0.169. The lowest BCUT2D eigenvalue weighted by Crippen LogP contribution is -2.51. The number of carbonyl (C=O) groups is 2. The molecule has 3 rings (SSSR count). The molecule has 29 heavy (non-hydrogen) atoms. The number of ether oxygens (including phenoxy) is 2. The number of hydrogen-bond donors (Lipinski definition) is 5. The van der Waals surface area contributed by atoms with E-state index in [0.29, 0.717) is 0 Å². The Hall–Kier alpha value is -2.52. The summed E-state index contributed by atoms with van der Waals surface area (Å²) in [6.07, 6.45) is -3.17. The summed E-state index contributed by atoms with van der Waals surface area (Å²) in [6, 6.07) is -0.528. The van der Waals surface area contributed by atoms with Crippen LogP contribution in [0.4, 0.5) is 0 Å². The van der Waals surface area contributed by atoms with Crippen molar-refractivity contribution >= 4 is 18.0 Å². The molecule has 13 nitrogen and oxygen atoms in total. The summed E-state index contributed by atoms with van der Waals surface area (Å²) in [5, 5.41) is 42.3. The number of aliphatic hydroxyl groups excluding tert-OH is 4. The van der Waals surface area contributed by atoms with Gasteiger partial charge in [0.15, 0.2) is 12.2 Å². The fourth-order valence-electron chi connectivity index (χ4n) is 2.64. The topological polar surface area (TPSA) is 234 Å². The standard InChI is InChI=1S/C16H19N3O8.2H2O/c20-9-10(21)12(23)15(25)27-16-18-6-8(2-1-7-3-4-17-5-7)13(19-16)26-14(24)11(9)22;;/h1-2,6-7,9-12,17,20-23H,3-5H2;2*1H2/b2-1+;;/t7-,9?,10?,11?,12?;;/m0../s1. The van der Waals surface area contributed by atoms with E-state index in [2.05, 4.69) is 15.3 Å². The Balaban J connectivity index is 0.00000210. The van der Waals surface area contributed by atoms with Crippen molar-refractivity contribution in [2.45, 2.75) is 30.8 Å². The van der Waals surface area contributed by atoms with Crippen molar-refractivity contribution < 1.29 is 50.4 Å². The number of esters is 2. The van der Waals surface area contributed by atoms with Gasteiger partial charge >= 0.3 is 17.9 Å². The first-order valence-corrected chi connectivity index (χ1v) is 8.28. The van der Waals surface area contributed by atoms with Crippen molar-refractivity contribution in [2.24, 2.45) is 5.92 Å². The van der Waals surface area contributed by atoms with Crippen LogP contribution in [0.25, 0.3) is 6.08 Å². The second-order valence-electron chi connectivity index (χ2n) is 6.24. The van der Waals surface area contributed by atoms with Gasteiger partial charge in [-0.2, -0.15) is 4.98 Å². The fraction of sp³-hybridized carbons (Fsp3) is 0.500. The number of rotatable bonds is 2. The average Bonchev–Trinajstić information content (AvgIpc) is 3.17. The molecular formula is C16H23N3O10. The molecule has 1 fully saturated rings.